The molecule has 126 valence electrons. The number of aromatic nitrogens is 2. The molecule has 25 heavy (non-hydrogen) atoms. The highest BCUT2D eigenvalue weighted by Gasteiger charge is 2.15. The van der Waals surface area contributed by atoms with Crippen LogP contribution in [0.2, 0.25) is 0 Å². The number of hydrogen-bond donors (Lipinski definition) is 1. The second-order valence-corrected chi connectivity index (χ2v) is 5.69. The summed E-state index contributed by atoms with van der Waals surface area (Å²) in [6.45, 7) is 1.95. The number of nitro groups is 1. The van der Waals surface area contributed by atoms with E-state index in [-0.39, 0.29) is 10.9 Å². The van der Waals surface area contributed by atoms with Crippen molar-refractivity contribution in [2.24, 2.45) is 0 Å². The van der Waals surface area contributed by atoms with Gasteiger partial charge in [0.2, 0.25) is 5.89 Å². The number of nitrogens with zero attached hydrogens (tertiary/aromatic N) is 3. The van der Waals surface area contributed by atoms with E-state index in [1.165, 1.54) is 24.3 Å². The van der Waals surface area contributed by atoms with Crippen LogP contribution in [0.25, 0.3) is 22.6 Å². The van der Waals surface area contributed by atoms with Crippen molar-refractivity contribution in [1.29, 1.82) is 0 Å². The first kappa shape index (κ1) is 16.7. The first-order valence-electron chi connectivity index (χ1n) is 7.19. The lowest BCUT2D eigenvalue weighted by Crippen LogP contribution is -1.89. The molecule has 1 heterocycles. The Morgan fingerprint density at radius 3 is 2.80 bits per heavy atom. The predicted octanol–water partition coefficient (Wildman–Crippen LogP) is 4.40. The Bertz CT molecular complexity index is 982. The third-order valence-corrected chi connectivity index (χ3v) is 3.65. The van der Waals surface area contributed by atoms with Gasteiger partial charge in [0.05, 0.1) is 4.92 Å². The highest BCUT2D eigenvalue weighted by atomic mass is 35.5. The molecule has 0 spiro atoms. The molecule has 0 radical (unpaired) electrons. The van der Waals surface area contributed by atoms with E-state index < -0.39 is 16.4 Å². The van der Waals surface area contributed by atoms with Crippen LogP contribution in [-0.2, 0) is 0 Å². The number of hydrogen-bond acceptors (Lipinski definition) is 6. The maximum atomic E-state index is 10.9. The summed E-state index contributed by atoms with van der Waals surface area (Å²) in [7, 11) is 0. The highest BCUT2D eigenvalue weighted by Crippen LogP contribution is 2.30. The van der Waals surface area contributed by atoms with Gasteiger partial charge in [0, 0.05) is 11.6 Å². The van der Waals surface area contributed by atoms with E-state index in [2.05, 4.69) is 10.2 Å². The van der Waals surface area contributed by atoms with Crippen LogP contribution in [0.1, 0.15) is 17.0 Å². The zero-order chi connectivity index (χ0) is 18.0. The SMILES string of the molecule is Cc1cccc(-c2nnc(/C(Cl)=C/c3ccc(O)c([N+](=O)[O-])c3)o2)c1. The molecule has 0 unspecified atom stereocenters. The molecule has 0 saturated heterocycles. The fraction of sp³-hybridized carbons (Fsp3) is 0.0588. The second kappa shape index (κ2) is 6.74. The molecule has 3 aromatic rings. The number of rotatable bonds is 4. The Morgan fingerprint density at radius 1 is 1.28 bits per heavy atom. The van der Waals surface area contributed by atoms with Gasteiger partial charge in [-0.05, 0) is 36.8 Å². The van der Waals surface area contributed by atoms with Crippen LogP contribution in [-0.4, -0.2) is 20.2 Å². The van der Waals surface area contributed by atoms with Crippen molar-refractivity contribution in [2.75, 3.05) is 0 Å². The first-order chi connectivity index (χ1) is 11.9. The van der Waals surface area contributed by atoms with Gasteiger partial charge >= 0.3 is 5.69 Å². The molecule has 1 N–H and O–H groups in total. The van der Waals surface area contributed by atoms with Gasteiger partial charge in [-0.3, -0.25) is 10.1 Å². The lowest BCUT2D eigenvalue weighted by Gasteiger charge is -1.98. The lowest BCUT2D eigenvalue weighted by atomic mass is 10.1. The lowest BCUT2D eigenvalue weighted by molar-refractivity contribution is -0.385. The van der Waals surface area contributed by atoms with E-state index in [1.54, 1.807) is 0 Å². The van der Waals surface area contributed by atoms with E-state index in [4.69, 9.17) is 16.0 Å². The normalized spacial score (nSPS) is 11.5. The Labute approximate surface area is 147 Å². The maximum Gasteiger partial charge on any atom is 0.311 e. The summed E-state index contributed by atoms with van der Waals surface area (Å²) < 4.78 is 5.55. The van der Waals surface area contributed by atoms with Crippen molar-refractivity contribution in [2.45, 2.75) is 6.92 Å². The van der Waals surface area contributed by atoms with E-state index >= 15 is 0 Å². The van der Waals surface area contributed by atoms with Crippen molar-refractivity contribution >= 4 is 28.4 Å². The molecule has 0 aliphatic carbocycles. The molecule has 2 aromatic carbocycles. The highest BCUT2D eigenvalue weighted by molar-refractivity contribution is 6.50. The third kappa shape index (κ3) is 3.67. The van der Waals surface area contributed by atoms with Gasteiger partial charge in [0.1, 0.15) is 5.03 Å². The van der Waals surface area contributed by atoms with Crippen molar-refractivity contribution in [1.82, 2.24) is 10.2 Å². The minimum atomic E-state index is -0.677. The standard InChI is InChI=1S/C17H12ClN3O4/c1-10-3-2-4-12(7-10)16-19-20-17(25-16)13(18)8-11-5-6-15(22)14(9-11)21(23)24/h2-9,22H,1H3/b13-8-. The van der Waals surface area contributed by atoms with Crippen LogP contribution in [0.15, 0.2) is 46.9 Å². The van der Waals surface area contributed by atoms with Crippen molar-refractivity contribution in [3.05, 3.63) is 69.6 Å². The zero-order valence-corrected chi connectivity index (χ0v) is 13.8. The van der Waals surface area contributed by atoms with Crippen LogP contribution < -0.4 is 0 Å². The predicted molar refractivity (Wildman–Crippen MR) is 93.0 cm³/mol. The summed E-state index contributed by atoms with van der Waals surface area (Å²) in [6.07, 6.45) is 1.45. The minimum absolute atomic E-state index is 0.0916. The topological polar surface area (TPSA) is 102 Å². The summed E-state index contributed by atoms with van der Waals surface area (Å²) >= 11 is 6.18. The number of nitro benzene ring substituents is 1. The summed E-state index contributed by atoms with van der Waals surface area (Å²) in [5, 5.41) is 28.3. The smallest absolute Gasteiger partial charge is 0.311 e. The molecule has 0 bridgehead atoms. The number of benzene rings is 2. The average molecular weight is 358 g/mol. The summed E-state index contributed by atoms with van der Waals surface area (Å²) in [4.78, 5) is 10.2. The quantitative estimate of drug-likeness (QED) is 0.548. The molecule has 0 saturated carbocycles. The van der Waals surface area contributed by atoms with Crippen molar-refractivity contribution < 1.29 is 14.4 Å². The first-order valence-corrected chi connectivity index (χ1v) is 7.57. The van der Waals surface area contributed by atoms with Crippen LogP contribution in [0, 0.1) is 17.0 Å². The maximum absolute atomic E-state index is 10.9. The third-order valence-electron chi connectivity index (χ3n) is 3.38. The van der Waals surface area contributed by atoms with E-state index in [0.717, 1.165) is 11.1 Å². The number of halogens is 1. The Kier molecular flexibility index (Phi) is 4.49. The summed E-state index contributed by atoms with van der Waals surface area (Å²) in [6, 6.07) is 11.5. The molecule has 0 atom stereocenters. The molecule has 0 amide bonds. The molecule has 3 rings (SSSR count). The van der Waals surface area contributed by atoms with Gasteiger partial charge in [-0.2, -0.15) is 0 Å². The Morgan fingerprint density at radius 2 is 2.08 bits per heavy atom. The monoisotopic (exact) mass is 357 g/mol. The van der Waals surface area contributed by atoms with Gasteiger partial charge < -0.3 is 9.52 Å². The molecular weight excluding hydrogens is 346 g/mol. The van der Waals surface area contributed by atoms with Crippen molar-refractivity contribution in [3.63, 3.8) is 0 Å². The minimum Gasteiger partial charge on any atom is -0.502 e. The van der Waals surface area contributed by atoms with Crippen LogP contribution in [0.3, 0.4) is 0 Å². The average Bonchev–Trinajstić information content (AvgIpc) is 3.06. The number of phenolic OH excluding ortho intramolecular Hbond substituents is 1. The summed E-state index contributed by atoms with van der Waals surface area (Å²) in [5.74, 6) is -0.00589. The molecule has 1 aromatic heterocycles. The molecule has 8 heteroatoms. The number of phenols is 1. The molecule has 0 aliphatic rings. The largest absolute Gasteiger partial charge is 0.502 e. The molecule has 7 nitrogen and oxygen atoms in total. The van der Waals surface area contributed by atoms with Gasteiger partial charge in [0.15, 0.2) is 5.75 Å². The van der Waals surface area contributed by atoms with Crippen LogP contribution >= 0.6 is 11.6 Å². The number of aryl methyl sites for hydroxylation is 1. The fourth-order valence-electron chi connectivity index (χ4n) is 2.20. The molecule has 0 fully saturated rings. The van der Waals surface area contributed by atoms with Gasteiger partial charge in [-0.1, -0.05) is 35.4 Å². The fourth-order valence-corrected chi connectivity index (χ4v) is 2.40. The second-order valence-electron chi connectivity index (χ2n) is 5.28. The van der Waals surface area contributed by atoms with E-state index in [9.17, 15) is 15.2 Å². The number of aromatic hydroxyl groups is 1. The van der Waals surface area contributed by atoms with Gasteiger partial charge in [-0.25, -0.2) is 0 Å². The van der Waals surface area contributed by atoms with Crippen LogP contribution in [0.4, 0.5) is 5.69 Å². The van der Waals surface area contributed by atoms with Crippen molar-refractivity contribution in [3.8, 4) is 17.2 Å². The van der Waals surface area contributed by atoms with Gasteiger partial charge in [0.25, 0.3) is 5.89 Å². The van der Waals surface area contributed by atoms with E-state index in [0.29, 0.717) is 11.5 Å². The van der Waals surface area contributed by atoms with Gasteiger partial charge in [-0.15, -0.1) is 10.2 Å². The summed E-state index contributed by atoms with van der Waals surface area (Å²) in [5.41, 5.74) is 1.83. The Hall–Kier alpha value is -3.19. The van der Waals surface area contributed by atoms with E-state index in [1.807, 2.05) is 31.2 Å². The molecular formula is C17H12ClN3O4. The van der Waals surface area contributed by atoms with Crippen LogP contribution in [0.5, 0.6) is 5.75 Å². The zero-order valence-electron chi connectivity index (χ0n) is 13.0. The Balaban J connectivity index is 1.91. The molecule has 0 aliphatic heterocycles.